The average Bonchev–Trinajstić information content (AvgIpc) is 2.71. The Bertz CT molecular complexity index is 474. The summed E-state index contributed by atoms with van der Waals surface area (Å²) in [5, 5.41) is 4.54. The van der Waals surface area contributed by atoms with E-state index in [-0.39, 0.29) is 0 Å². The Morgan fingerprint density at radius 2 is 1.94 bits per heavy atom. The summed E-state index contributed by atoms with van der Waals surface area (Å²) in [4.78, 5) is 0. The van der Waals surface area contributed by atoms with E-state index in [1.807, 2.05) is 25.2 Å². The molecule has 1 heterocycles. The summed E-state index contributed by atoms with van der Waals surface area (Å²) in [7, 11) is 2.00. The molecule has 0 aliphatic heterocycles. The van der Waals surface area contributed by atoms with Gasteiger partial charge in [-0.25, -0.2) is 0 Å². The second kappa shape index (κ2) is 5.15. The Labute approximate surface area is 109 Å². The van der Waals surface area contributed by atoms with Gasteiger partial charge in [0.25, 0.3) is 0 Å². The maximum Gasteiger partial charge on any atom is 0.134 e. The van der Waals surface area contributed by atoms with Crippen molar-refractivity contribution in [2.24, 2.45) is 5.41 Å². The molecule has 0 bridgehead atoms. The van der Waals surface area contributed by atoms with Crippen LogP contribution in [-0.2, 0) is 0 Å². The third-order valence-electron chi connectivity index (χ3n) is 3.32. The molecule has 2 nitrogen and oxygen atoms in total. The van der Waals surface area contributed by atoms with Crippen molar-refractivity contribution in [2.75, 3.05) is 7.05 Å². The summed E-state index contributed by atoms with van der Waals surface area (Å²) >= 11 is 0. The summed E-state index contributed by atoms with van der Waals surface area (Å²) in [6.45, 7) is 6.83. The molecule has 0 aliphatic carbocycles. The predicted octanol–water partition coefficient (Wildman–Crippen LogP) is 4.52. The molecule has 1 aromatic heterocycles. The monoisotopic (exact) mass is 245 g/mol. The summed E-state index contributed by atoms with van der Waals surface area (Å²) in [5.74, 6) is 1.04. The summed E-state index contributed by atoms with van der Waals surface area (Å²) in [5.41, 5.74) is 1.34. The second-order valence-corrected chi connectivity index (χ2v) is 6.13. The highest BCUT2D eigenvalue weighted by atomic mass is 16.3. The summed E-state index contributed by atoms with van der Waals surface area (Å²) in [6.07, 6.45) is 2.27. The maximum atomic E-state index is 5.92. The van der Waals surface area contributed by atoms with Crippen LogP contribution in [0.25, 0.3) is 11.0 Å². The first kappa shape index (κ1) is 13.2. The summed E-state index contributed by atoms with van der Waals surface area (Å²) < 4.78 is 5.92. The molecule has 2 heteroatoms. The van der Waals surface area contributed by atoms with Gasteiger partial charge in [0.15, 0.2) is 0 Å². The van der Waals surface area contributed by atoms with E-state index in [0.29, 0.717) is 11.5 Å². The highest BCUT2D eigenvalue weighted by Crippen LogP contribution is 2.30. The first-order chi connectivity index (χ1) is 8.49. The van der Waals surface area contributed by atoms with Crippen LogP contribution in [0.1, 0.15) is 45.4 Å². The van der Waals surface area contributed by atoms with Crippen molar-refractivity contribution >= 4 is 11.0 Å². The fourth-order valence-corrected chi connectivity index (χ4v) is 2.18. The minimum atomic E-state index is 0.302. The largest absolute Gasteiger partial charge is 0.459 e. The van der Waals surface area contributed by atoms with Gasteiger partial charge in [-0.15, -0.1) is 0 Å². The van der Waals surface area contributed by atoms with Gasteiger partial charge in [-0.2, -0.15) is 0 Å². The predicted molar refractivity (Wildman–Crippen MR) is 76.7 cm³/mol. The zero-order valence-electron chi connectivity index (χ0n) is 11.8. The van der Waals surface area contributed by atoms with E-state index in [0.717, 1.165) is 17.8 Å². The maximum absolute atomic E-state index is 5.92. The van der Waals surface area contributed by atoms with Gasteiger partial charge in [0.1, 0.15) is 11.3 Å². The minimum Gasteiger partial charge on any atom is -0.459 e. The van der Waals surface area contributed by atoms with E-state index >= 15 is 0 Å². The van der Waals surface area contributed by atoms with Crippen molar-refractivity contribution in [2.45, 2.75) is 39.7 Å². The number of hydrogen-bond donors (Lipinski definition) is 1. The highest BCUT2D eigenvalue weighted by molar-refractivity contribution is 5.77. The van der Waals surface area contributed by atoms with Crippen LogP contribution < -0.4 is 5.32 Å². The first-order valence-electron chi connectivity index (χ1n) is 6.65. The lowest BCUT2D eigenvalue weighted by Crippen LogP contribution is -2.18. The average molecular weight is 245 g/mol. The van der Waals surface area contributed by atoms with Gasteiger partial charge in [-0.3, -0.25) is 0 Å². The molecule has 1 aromatic carbocycles. The van der Waals surface area contributed by atoms with E-state index in [2.05, 4.69) is 38.2 Å². The van der Waals surface area contributed by atoms with E-state index in [1.165, 1.54) is 11.8 Å². The Kier molecular flexibility index (Phi) is 3.76. The molecule has 1 N–H and O–H groups in total. The van der Waals surface area contributed by atoms with E-state index < -0.39 is 0 Å². The molecule has 0 radical (unpaired) electrons. The molecule has 0 spiro atoms. The normalized spacial score (nSPS) is 14.0. The molecule has 0 fully saturated rings. The van der Waals surface area contributed by atoms with Gasteiger partial charge in [-0.05, 0) is 37.4 Å². The number of nitrogens with one attached hydrogen (secondary N) is 1. The lowest BCUT2D eigenvalue weighted by Gasteiger charge is -2.21. The van der Waals surface area contributed by atoms with Crippen LogP contribution in [0, 0.1) is 5.41 Å². The lowest BCUT2D eigenvalue weighted by molar-refractivity contribution is 0.321. The fraction of sp³-hybridized carbons (Fsp3) is 0.500. The van der Waals surface area contributed by atoms with Crippen LogP contribution in [0.3, 0.4) is 0 Å². The van der Waals surface area contributed by atoms with Gasteiger partial charge < -0.3 is 9.73 Å². The van der Waals surface area contributed by atoms with Crippen molar-refractivity contribution in [1.29, 1.82) is 0 Å². The third-order valence-corrected chi connectivity index (χ3v) is 3.32. The second-order valence-electron chi connectivity index (χ2n) is 6.13. The Hall–Kier alpha value is -1.28. The highest BCUT2D eigenvalue weighted by Gasteiger charge is 2.18. The molecular formula is C16H23NO. The Balaban J connectivity index is 2.16. The number of para-hydroxylation sites is 1. The zero-order chi connectivity index (χ0) is 13.2. The van der Waals surface area contributed by atoms with Crippen LogP contribution in [0.4, 0.5) is 0 Å². The van der Waals surface area contributed by atoms with Crippen LogP contribution in [0.2, 0.25) is 0 Å². The number of hydrogen-bond acceptors (Lipinski definition) is 2. The molecule has 2 aromatic rings. The van der Waals surface area contributed by atoms with Crippen LogP contribution >= 0.6 is 0 Å². The molecular weight excluding hydrogens is 222 g/mol. The molecule has 0 amide bonds. The van der Waals surface area contributed by atoms with E-state index in [1.54, 1.807) is 0 Å². The van der Waals surface area contributed by atoms with Crippen molar-refractivity contribution in [3.05, 3.63) is 36.1 Å². The van der Waals surface area contributed by atoms with Gasteiger partial charge >= 0.3 is 0 Å². The van der Waals surface area contributed by atoms with Crippen LogP contribution in [0.15, 0.2) is 34.7 Å². The molecule has 0 aliphatic rings. The molecule has 0 saturated heterocycles. The zero-order valence-corrected chi connectivity index (χ0v) is 11.8. The molecule has 0 saturated carbocycles. The number of fused-ring (bicyclic) bond motifs is 1. The molecule has 2 rings (SSSR count). The van der Waals surface area contributed by atoms with E-state index in [4.69, 9.17) is 4.42 Å². The molecule has 98 valence electrons. The quantitative estimate of drug-likeness (QED) is 0.856. The van der Waals surface area contributed by atoms with E-state index in [9.17, 15) is 0 Å². The SMILES string of the molecule is CNC(CCC(C)(C)C)c1cc2ccccc2o1. The van der Waals surface area contributed by atoms with Crippen molar-refractivity contribution < 1.29 is 4.42 Å². The van der Waals surface area contributed by atoms with Crippen LogP contribution in [-0.4, -0.2) is 7.05 Å². The lowest BCUT2D eigenvalue weighted by atomic mass is 9.88. The standard InChI is InChI=1S/C16H23NO/c1-16(2,3)10-9-13(17-4)15-11-12-7-5-6-8-14(12)18-15/h5-8,11,13,17H,9-10H2,1-4H3. The van der Waals surface area contributed by atoms with Gasteiger partial charge in [-0.1, -0.05) is 39.0 Å². The number of rotatable bonds is 4. The third kappa shape index (κ3) is 3.14. The van der Waals surface area contributed by atoms with Crippen molar-refractivity contribution in [3.8, 4) is 0 Å². The van der Waals surface area contributed by atoms with Gasteiger partial charge in [0.05, 0.1) is 6.04 Å². The number of furan rings is 1. The smallest absolute Gasteiger partial charge is 0.134 e. The number of benzene rings is 1. The Morgan fingerprint density at radius 1 is 1.22 bits per heavy atom. The molecule has 1 unspecified atom stereocenters. The van der Waals surface area contributed by atoms with Crippen LogP contribution in [0.5, 0.6) is 0 Å². The molecule has 1 atom stereocenters. The minimum absolute atomic E-state index is 0.302. The van der Waals surface area contributed by atoms with Gasteiger partial charge in [0, 0.05) is 5.39 Å². The summed E-state index contributed by atoms with van der Waals surface area (Å²) in [6, 6.07) is 10.6. The van der Waals surface area contributed by atoms with Crippen molar-refractivity contribution in [1.82, 2.24) is 5.32 Å². The Morgan fingerprint density at radius 3 is 2.56 bits per heavy atom. The first-order valence-corrected chi connectivity index (χ1v) is 6.65. The molecule has 18 heavy (non-hydrogen) atoms. The topological polar surface area (TPSA) is 25.2 Å². The van der Waals surface area contributed by atoms with Gasteiger partial charge in [0.2, 0.25) is 0 Å². The fourth-order valence-electron chi connectivity index (χ4n) is 2.18. The van der Waals surface area contributed by atoms with Crippen molar-refractivity contribution in [3.63, 3.8) is 0 Å².